The van der Waals surface area contributed by atoms with Crippen LogP contribution in [0.4, 0.5) is 0 Å². The molecule has 0 saturated carbocycles. The van der Waals surface area contributed by atoms with Gasteiger partial charge in [0.1, 0.15) is 0 Å². The Labute approximate surface area is 40.2 Å². The molecule has 0 fully saturated rings. The van der Waals surface area contributed by atoms with Crippen molar-refractivity contribution in [2.75, 3.05) is 0 Å². The predicted octanol–water partition coefficient (Wildman–Crippen LogP) is -0.593. The molecule has 0 aromatic carbocycles. The lowest BCUT2D eigenvalue weighted by molar-refractivity contribution is 0.307. The van der Waals surface area contributed by atoms with E-state index in [4.69, 9.17) is 0 Å². The molecule has 0 aliphatic heterocycles. The maximum atomic E-state index is 4.08. The average Bonchev–Trinajstić information content (AvgIpc) is 1.76. The molecule has 0 unspecified atom stereocenters. The molecule has 5 nitrogen and oxygen atoms in total. The Hall–Kier alpha value is -0.940. The predicted molar refractivity (Wildman–Crippen MR) is 22.9 cm³/mol. The molecule has 0 radical (unpaired) electrons. The number of hydrogen-bond acceptors (Lipinski definition) is 4. The molecule has 0 aliphatic carbocycles. The highest BCUT2D eigenvalue weighted by atomic mass is 16.6. The molecule has 1 aromatic heterocycles. The summed E-state index contributed by atoms with van der Waals surface area (Å²) in [7, 11) is 0. The molecule has 42 valence electrons. The quantitative estimate of drug-likeness (QED) is 0.475. The van der Waals surface area contributed by atoms with Gasteiger partial charge in [0.05, 0.1) is 12.4 Å². The van der Waals surface area contributed by atoms with Crippen LogP contribution < -0.4 is 6.15 Å². The van der Waals surface area contributed by atoms with Gasteiger partial charge in [-0.25, -0.2) is 4.63 Å². The molecule has 0 atom stereocenters. The second-order valence-corrected chi connectivity index (χ2v) is 0.591. The zero-order valence-corrected chi connectivity index (χ0v) is 3.66. The molecule has 5 N–H and O–H groups in total. The van der Waals surface area contributed by atoms with Crippen LogP contribution in [0.3, 0.4) is 0 Å². The molecule has 0 spiro atoms. The van der Waals surface area contributed by atoms with E-state index >= 15 is 0 Å². The fraction of sp³-hybridized carbons (Fsp3) is 0. The molecular formula is C2H7N3O2. The van der Waals surface area contributed by atoms with Crippen LogP contribution in [-0.4, -0.2) is 15.8 Å². The third kappa shape index (κ3) is 2.87. The van der Waals surface area contributed by atoms with Crippen molar-refractivity contribution in [3.8, 4) is 0 Å². The van der Waals surface area contributed by atoms with E-state index in [1.807, 2.05) is 0 Å². The molecule has 0 saturated heterocycles. The van der Waals surface area contributed by atoms with Crippen LogP contribution in [-0.2, 0) is 0 Å². The van der Waals surface area contributed by atoms with Gasteiger partial charge in [-0.2, -0.15) is 0 Å². The molecule has 0 bridgehead atoms. The summed E-state index contributed by atoms with van der Waals surface area (Å²) in [5, 5.41) is 6.47. The van der Waals surface area contributed by atoms with E-state index in [2.05, 4.69) is 14.9 Å². The van der Waals surface area contributed by atoms with Gasteiger partial charge in [-0.15, -0.1) is 0 Å². The lowest BCUT2D eigenvalue weighted by Crippen LogP contribution is -1.44. The molecule has 0 aliphatic rings. The number of nitrogens with zero attached hydrogens (tertiary/aromatic N) is 2. The first-order valence-corrected chi connectivity index (χ1v) is 1.21. The van der Waals surface area contributed by atoms with E-state index in [1.54, 1.807) is 0 Å². The lowest BCUT2D eigenvalue weighted by Gasteiger charge is -1.45. The maximum Gasteiger partial charge on any atom is 0.0913 e. The minimum absolute atomic E-state index is 0. The number of hydrogen-bond donors (Lipinski definition) is 1. The number of rotatable bonds is 0. The Morgan fingerprint density at radius 1 is 1.14 bits per heavy atom. The van der Waals surface area contributed by atoms with E-state index in [0.717, 1.165) is 0 Å². The van der Waals surface area contributed by atoms with Crippen LogP contribution in [0.15, 0.2) is 17.0 Å². The van der Waals surface area contributed by atoms with Crippen molar-refractivity contribution < 1.29 is 10.1 Å². The topological polar surface area (TPSA) is 105 Å². The summed E-state index contributed by atoms with van der Waals surface area (Å²) >= 11 is 0. The van der Waals surface area contributed by atoms with Gasteiger partial charge in [-0.1, -0.05) is 10.3 Å². The Morgan fingerprint density at radius 3 is 1.71 bits per heavy atom. The molecule has 5 heteroatoms. The Kier molecular flexibility index (Phi) is 6.80. The van der Waals surface area contributed by atoms with E-state index < -0.39 is 0 Å². The van der Waals surface area contributed by atoms with Crippen LogP contribution in [0.25, 0.3) is 0 Å². The van der Waals surface area contributed by atoms with Crippen LogP contribution in [0.1, 0.15) is 0 Å². The van der Waals surface area contributed by atoms with Gasteiger partial charge in [0, 0.05) is 0 Å². The van der Waals surface area contributed by atoms with Crippen molar-refractivity contribution in [1.29, 1.82) is 0 Å². The van der Waals surface area contributed by atoms with Crippen molar-refractivity contribution in [3.05, 3.63) is 12.4 Å². The first-order chi connectivity index (χ1) is 2.50. The highest BCUT2D eigenvalue weighted by Gasteiger charge is 1.61. The van der Waals surface area contributed by atoms with Crippen LogP contribution in [0.5, 0.6) is 0 Å². The lowest BCUT2D eigenvalue weighted by atomic mass is 11.0. The Morgan fingerprint density at radius 2 is 1.57 bits per heavy atom. The number of aromatic nitrogens is 2. The van der Waals surface area contributed by atoms with Gasteiger partial charge in [0.2, 0.25) is 0 Å². The standard InChI is InChI=1S/C2H2N2O.H3N.H2O/c1-2-4-5-3-1;;/h1-2H;1H3;1H2. The summed E-state index contributed by atoms with van der Waals surface area (Å²) < 4.78 is 4.08. The van der Waals surface area contributed by atoms with Gasteiger partial charge in [0.25, 0.3) is 0 Å². The normalized spacial score (nSPS) is 5.71. The molecule has 7 heavy (non-hydrogen) atoms. The largest absolute Gasteiger partial charge is 0.412 e. The Balaban J connectivity index is 0. The summed E-state index contributed by atoms with van der Waals surface area (Å²) in [5.74, 6) is 0. The third-order valence-electron chi connectivity index (χ3n) is 0.283. The first kappa shape index (κ1) is 9.41. The SMILES string of the molecule is N.O.c1cnon1. The van der Waals surface area contributed by atoms with Crippen LogP contribution >= 0.6 is 0 Å². The van der Waals surface area contributed by atoms with E-state index in [1.165, 1.54) is 12.4 Å². The molecule has 1 rings (SSSR count). The highest BCUT2D eigenvalue weighted by molar-refractivity contribution is 4.51. The van der Waals surface area contributed by atoms with Crippen LogP contribution in [0.2, 0.25) is 0 Å². The summed E-state index contributed by atoms with van der Waals surface area (Å²) in [5.41, 5.74) is 0. The monoisotopic (exact) mass is 105 g/mol. The summed E-state index contributed by atoms with van der Waals surface area (Å²) in [6, 6.07) is 0. The van der Waals surface area contributed by atoms with E-state index in [-0.39, 0.29) is 11.6 Å². The molecular weight excluding hydrogens is 98.0 g/mol. The van der Waals surface area contributed by atoms with Crippen molar-refractivity contribution in [1.82, 2.24) is 16.5 Å². The minimum atomic E-state index is 0. The van der Waals surface area contributed by atoms with Crippen molar-refractivity contribution in [2.24, 2.45) is 0 Å². The summed E-state index contributed by atoms with van der Waals surface area (Å²) in [6.45, 7) is 0. The zero-order valence-electron chi connectivity index (χ0n) is 3.66. The van der Waals surface area contributed by atoms with Gasteiger partial charge in [-0.05, 0) is 0 Å². The molecule has 1 aromatic rings. The Bertz CT molecular complexity index is 67.4. The van der Waals surface area contributed by atoms with Crippen molar-refractivity contribution >= 4 is 0 Å². The highest BCUT2D eigenvalue weighted by Crippen LogP contribution is 1.62. The van der Waals surface area contributed by atoms with E-state index in [9.17, 15) is 0 Å². The molecule has 0 amide bonds. The summed E-state index contributed by atoms with van der Waals surface area (Å²) in [6.07, 6.45) is 2.94. The zero-order chi connectivity index (χ0) is 3.54. The van der Waals surface area contributed by atoms with Gasteiger partial charge in [0.15, 0.2) is 0 Å². The maximum absolute atomic E-state index is 4.08. The minimum Gasteiger partial charge on any atom is -0.412 e. The molecule has 1 heterocycles. The van der Waals surface area contributed by atoms with Gasteiger partial charge < -0.3 is 11.6 Å². The van der Waals surface area contributed by atoms with Crippen molar-refractivity contribution in [3.63, 3.8) is 0 Å². The second-order valence-electron chi connectivity index (χ2n) is 0.591. The smallest absolute Gasteiger partial charge is 0.0913 e. The van der Waals surface area contributed by atoms with Crippen LogP contribution in [0, 0.1) is 0 Å². The summed E-state index contributed by atoms with van der Waals surface area (Å²) in [4.78, 5) is 0. The fourth-order valence-electron chi connectivity index (χ4n) is 0.136. The second kappa shape index (κ2) is 5.06. The van der Waals surface area contributed by atoms with Gasteiger partial charge in [-0.3, -0.25) is 0 Å². The third-order valence-corrected chi connectivity index (χ3v) is 0.283. The van der Waals surface area contributed by atoms with Gasteiger partial charge >= 0.3 is 0 Å². The first-order valence-electron chi connectivity index (χ1n) is 1.21. The van der Waals surface area contributed by atoms with Crippen molar-refractivity contribution in [2.45, 2.75) is 0 Å². The van der Waals surface area contributed by atoms with E-state index in [0.29, 0.717) is 0 Å². The average molecular weight is 105 g/mol. The fourth-order valence-corrected chi connectivity index (χ4v) is 0.136.